The quantitative estimate of drug-likeness (QED) is 0.823. The van der Waals surface area contributed by atoms with Gasteiger partial charge in [-0.15, -0.1) is 0 Å². The van der Waals surface area contributed by atoms with Crippen molar-refractivity contribution in [2.45, 2.75) is 57.9 Å². The molecule has 0 aliphatic carbocycles. The van der Waals surface area contributed by atoms with Crippen molar-refractivity contribution >= 4 is 11.8 Å². The fourth-order valence-electron chi connectivity index (χ4n) is 3.72. The Labute approximate surface area is 174 Å². The molecule has 2 amide bonds. The van der Waals surface area contributed by atoms with E-state index in [1.165, 1.54) is 11.1 Å². The minimum atomic E-state index is 0.0820. The van der Waals surface area contributed by atoms with Crippen LogP contribution < -0.4 is 5.32 Å². The highest BCUT2D eigenvalue weighted by molar-refractivity contribution is 5.94. The van der Waals surface area contributed by atoms with E-state index in [9.17, 15) is 9.59 Å². The molecule has 29 heavy (non-hydrogen) atoms. The fourth-order valence-corrected chi connectivity index (χ4v) is 3.72. The zero-order valence-corrected chi connectivity index (χ0v) is 17.8. The van der Waals surface area contributed by atoms with Gasteiger partial charge < -0.3 is 10.2 Å². The lowest BCUT2D eigenvalue weighted by molar-refractivity contribution is -0.122. The van der Waals surface area contributed by atoms with Crippen LogP contribution in [0, 0.1) is 0 Å². The average molecular weight is 393 g/mol. The molecule has 4 heteroatoms. The number of carbonyl (C=O) groups excluding carboxylic acids is 2. The Hall–Kier alpha value is -2.62. The van der Waals surface area contributed by atoms with Crippen LogP contribution in [0.1, 0.15) is 61.5 Å². The molecule has 0 atom stereocenters. The summed E-state index contributed by atoms with van der Waals surface area (Å²) in [5.74, 6) is 0.177. The maximum absolute atomic E-state index is 12.8. The van der Waals surface area contributed by atoms with Gasteiger partial charge in [0, 0.05) is 31.1 Å². The topological polar surface area (TPSA) is 49.4 Å². The Kier molecular flexibility index (Phi) is 6.73. The molecule has 4 nitrogen and oxygen atoms in total. The van der Waals surface area contributed by atoms with Gasteiger partial charge in [-0.2, -0.15) is 0 Å². The van der Waals surface area contributed by atoms with Crippen LogP contribution in [0.5, 0.6) is 0 Å². The first-order valence-electron chi connectivity index (χ1n) is 10.6. The molecular weight excluding hydrogens is 360 g/mol. The molecule has 0 radical (unpaired) electrons. The molecule has 154 valence electrons. The van der Waals surface area contributed by atoms with Crippen LogP contribution in [-0.2, 0) is 16.6 Å². The van der Waals surface area contributed by atoms with Crippen molar-refractivity contribution in [2.75, 3.05) is 13.1 Å². The van der Waals surface area contributed by atoms with Crippen molar-refractivity contribution in [2.24, 2.45) is 0 Å². The minimum absolute atomic E-state index is 0.0820. The zero-order chi connectivity index (χ0) is 20.9. The van der Waals surface area contributed by atoms with E-state index >= 15 is 0 Å². The van der Waals surface area contributed by atoms with Crippen LogP contribution in [0.4, 0.5) is 0 Å². The Bertz CT molecular complexity index is 814. The van der Waals surface area contributed by atoms with Gasteiger partial charge in [-0.05, 0) is 47.9 Å². The van der Waals surface area contributed by atoms with E-state index in [1.807, 2.05) is 59.5 Å². The zero-order valence-electron chi connectivity index (χ0n) is 17.8. The van der Waals surface area contributed by atoms with Crippen LogP contribution in [0.25, 0.3) is 0 Å². The maximum Gasteiger partial charge on any atom is 0.253 e. The number of rotatable bonds is 5. The van der Waals surface area contributed by atoms with Gasteiger partial charge in [0.25, 0.3) is 5.91 Å². The molecular formula is C25H32N2O2. The number of amides is 2. The number of nitrogens with one attached hydrogen (secondary N) is 1. The van der Waals surface area contributed by atoms with Crippen LogP contribution >= 0.6 is 0 Å². The largest absolute Gasteiger partial charge is 0.353 e. The Balaban J connectivity index is 1.45. The third-order valence-corrected chi connectivity index (χ3v) is 5.63. The third kappa shape index (κ3) is 5.93. The first kappa shape index (κ1) is 21.1. The van der Waals surface area contributed by atoms with E-state index < -0.39 is 0 Å². The van der Waals surface area contributed by atoms with Gasteiger partial charge in [-0.1, -0.05) is 63.2 Å². The number of piperidine rings is 1. The fraction of sp³-hybridized carbons (Fsp3) is 0.440. The summed E-state index contributed by atoms with van der Waals surface area (Å²) < 4.78 is 0. The molecule has 3 rings (SSSR count). The molecule has 1 fully saturated rings. The average Bonchev–Trinajstić information content (AvgIpc) is 2.72. The number of nitrogens with zero attached hydrogens (tertiary/aromatic N) is 1. The summed E-state index contributed by atoms with van der Waals surface area (Å²) in [5.41, 5.74) is 3.23. The molecule has 2 aromatic rings. The molecule has 1 aliphatic rings. The molecule has 0 aromatic heterocycles. The first-order chi connectivity index (χ1) is 13.8. The molecule has 1 N–H and O–H groups in total. The highest BCUT2D eigenvalue weighted by Crippen LogP contribution is 2.23. The van der Waals surface area contributed by atoms with Crippen molar-refractivity contribution in [1.82, 2.24) is 10.2 Å². The summed E-state index contributed by atoms with van der Waals surface area (Å²) in [6, 6.07) is 18.2. The normalized spacial score (nSPS) is 15.2. The highest BCUT2D eigenvalue weighted by Gasteiger charge is 2.25. The molecule has 1 saturated heterocycles. The summed E-state index contributed by atoms with van der Waals surface area (Å²) in [6.07, 6.45) is 2.88. The molecule has 1 aliphatic heterocycles. The van der Waals surface area contributed by atoms with Crippen LogP contribution in [0.15, 0.2) is 54.6 Å². The van der Waals surface area contributed by atoms with Gasteiger partial charge in [-0.25, -0.2) is 0 Å². The molecule has 0 spiro atoms. The highest BCUT2D eigenvalue weighted by atomic mass is 16.2. The molecule has 0 bridgehead atoms. The third-order valence-electron chi connectivity index (χ3n) is 5.63. The van der Waals surface area contributed by atoms with Gasteiger partial charge in [0.05, 0.1) is 0 Å². The smallest absolute Gasteiger partial charge is 0.253 e. The number of hydrogen-bond acceptors (Lipinski definition) is 2. The lowest BCUT2D eigenvalue weighted by Gasteiger charge is -2.32. The standard InChI is InChI=1S/C25H32N2O2/c1-25(2,3)21-12-10-20(11-13-21)24(29)27-17-15-22(16-18-27)26-23(28)14-9-19-7-5-4-6-8-19/h4-8,10-13,22H,9,14-18H2,1-3H3,(H,26,28). The van der Waals surface area contributed by atoms with Crippen molar-refractivity contribution in [1.29, 1.82) is 0 Å². The lowest BCUT2D eigenvalue weighted by atomic mass is 9.86. The second kappa shape index (κ2) is 9.25. The van der Waals surface area contributed by atoms with E-state index in [0.29, 0.717) is 19.5 Å². The van der Waals surface area contributed by atoms with E-state index in [1.54, 1.807) is 0 Å². The molecule has 2 aromatic carbocycles. The molecule has 1 heterocycles. The maximum atomic E-state index is 12.8. The van der Waals surface area contributed by atoms with Gasteiger partial charge in [-0.3, -0.25) is 9.59 Å². The summed E-state index contributed by atoms with van der Waals surface area (Å²) in [4.78, 5) is 26.9. The second-order valence-corrected chi connectivity index (χ2v) is 8.95. The Morgan fingerprint density at radius 2 is 1.59 bits per heavy atom. The predicted octanol–water partition coefficient (Wildman–Crippen LogP) is 4.34. The number of likely N-dealkylation sites (tertiary alicyclic amines) is 1. The van der Waals surface area contributed by atoms with Crippen LogP contribution in [0.2, 0.25) is 0 Å². The number of benzene rings is 2. The van der Waals surface area contributed by atoms with Gasteiger partial charge in [0.15, 0.2) is 0 Å². The summed E-state index contributed by atoms with van der Waals surface area (Å²) in [7, 11) is 0. The number of carbonyl (C=O) groups is 2. The van der Waals surface area contributed by atoms with E-state index in [2.05, 4.69) is 26.1 Å². The summed E-state index contributed by atoms with van der Waals surface area (Å²) in [5, 5.41) is 3.14. The van der Waals surface area contributed by atoms with Crippen molar-refractivity contribution in [3.8, 4) is 0 Å². The van der Waals surface area contributed by atoms with Crippen molar-refractivity contribution in [3.63, 3.8) is 0 Å². The minimum Gasteiger partial charge on any atom is -0.353 e. The van der Waals surface area contributed by atoms with Crippen LogP contribution in [-0.4, -0.2) is 35.8 Å². The van der Waals surface area contributed by atoms with E-state index in [0.717, 1.165) is 24.8 Å². The van der Waals surface area contributed by atoms with Gasteiger partial charge >= 0.3 is 0 Å². The SMILES string of the molecule is CC(C)(C)c1ccc(C(=O)N2CCC(NC(=O)CCc3ccccc3)CC2)cc1. The summed E-state index contributed by atoms with van der Waals surface area (Å²) >= 11 is 0. The summed E-state index contributed by atoms with van der Waals surface area (Å²) in [6.45, 7) is 7.88. The van der Waals surface area contributed by atoms with Crippen molar-refractivity contribution < 1.29 is 9.59 Å². The Morgan fingerprint density at radius 3 is 2.17 bits per heavy atom. The number of hydrogen-bond donors (Lipinski definition) is 1. The predicted molar refractivity (Wildman–Crippen MR) is 117 cm³/mol. The van der Waals surface area contributed by atoms with Crippen molar-refractivity contribution in [3.05, 3.63) is 71.3 Å². The van der Waals surface area contributed by atoms with Gasteiger partial charge in [0.2, 0.25) is 5.91 Å². The van der Waals surface area contributed by atoms with E-state index in [-0.39, 0.29) is 23.3 Å². The Morgan fingerprint density at radius 1 is 0.966 bits per heavy atom. The van der Waals surface area contributed by atoms with Crippen LogP contribution in [0.3, 0.4) is 0 Å². The lowest BCUT2D eigenvalue weighted by Crippen LogP contribution is -2.46. The second-order valence-electron chi connectivity index (χ2n) is 8.95. The number of aryl methyl sites for hydroxylation is 1. The first-order valence-corrected chi connectivity index (χ1v) is 10.6. The molecule has 0 unspecified atom stereocenters. The monoisotopic (exact) mass is 392 g/mol. The van der Waals surface area contributed by atoms with E-state index in [4.69, 9.17) is 0 Å². The molecule has 0 saturated carbocycles. The van der Waals surface area contributed by atoms with Gasteiger partial charge in [0.1, 0.15) is 0 Å².